The Labute approximate surface area is 118 Å². The van der Waals surface area contributed by atoms with Crippen LogP contribution in [0, 0.1) is 0 Å². The van der Waals surface area contributed by atoms with Crippen LogP contribution >= 0.6 is 15.9 Å². The summed E-state index contributed by atoms with van der Waals surface area (Å²) in [5.41, 5.74) is 0.0994. The van der Waals surface area contributed by atoms with Gasteiger partial charge >= 0.3 is 0 Å². The summed E-state index contributed by atoms with van der Waals surface area (Å²) in [5.74, 6) is 0.964. The zero-order valence-electron chi connectivity index (χ0n) is 10.4. The Hall–Kier alpha value is -1.40. The standard InChI is InChI=1S/C13H13BrN2O3/c1-18-13(5-2-6-13)12-15-11(19-16-12)9-7-8(14)3-4-10(9)17/h3-4,7,17H,2,5-6H2,1H3. The van der Waals surface area contributed by atoms with E-state index in [1.807, 2.05) is 0 Å². The average Bonchev–Trinajstić information content (AvgIpc) is 2.81. The molecular weight excluding hydrogens is 312 g/mol. The van der Waals surface area contributed by atoms with Gasteiger partial charge in [0.25, 0.3) is 5.89 Å². The Balaban J connectivity index is 1.99. The lowest BCUT2D eigenvalue weighted by Gasteiger charge is -2.37. The maximum Gasteiger partial charge on any atom is 0.261 e. The van der Waals surface area contributed by atoms with Crippen LogP contribution in [0.5, 0.6) is 5.75 Å². The summed E-state index contributed by atoms with van der Waals surface area (Å²) in [6.07, 6.45) is 2.89. The van der Waals surface area contributed by atoms with Crippen molar-refractivity contribution in [1.29, 1.82) is 0 Å². The summed E-state index contributed by atoms with van der Waals surface area (Å²) in [6, 6.07) is 5.07. The van der Waals surface area contributed by atoms with Gasteiger partial charge in [0.2, 0.25) is 5.82 Å². The Morgan fingerprint density at radius 2 is 2.21 bits per heavy atom. The smallest absolute Gasteiger partial charge is 0.261 e. The minimum Gasteiger partial charge on any atom is -0.507 e. The molecule has 1 N–H and O–H groups in total. The van der Waals surface area contributed by atoms with Crippen molar-refractivity contribution in [1.82, 2.24) is 10.1 Å². The molecule has 6 heteroatoms. The molecule has 1 aromatic heterocycles. The first-order valence-electron chi connectivity index (χ1n) is 6.03. The number of nitrogens with zero attached hydrogens (tertiary/aromatic N) is 2. The Morgan fingerprint density at radius 3 is 2.84 bits per heavy atom. The van der Waals surface area contributed by atoms with Crippen molar-refractivity contribution < 1.29 is 14.4 Å². The predicted molar refractivity (Wildman–Crippen MR) is 71.6 cm³/mol. The highest BCUT2D eigenvalue weighted by Crippen LogP contribution is 2.43. The topological polar surface area (TPSA) is 68.4 Å². The highest BCUT2D eigenvalue weighted by Gasteiger charge is 2.43. The number of aromatic hydroxyl groups is 1. The van der Waals surface area contributed by atoms with Crippen molar-refractivity contribution in [3.63, 3.8) is 0 Å². The fraction of sp³-hybridized carbons (Fsp3) is 0.385. The molecule has 0 atom stereocenters. The Kier molecular flexibility index (Phi) is 3.06. The first-order valence-corrected chi connectivity index (χ1v) is 6.82. The fourth-order valence-corrected chi connectivity index (χ4v) is 2.58. The zero-order valence-corrected chi connectivity index (χ0v) is 12.0. The van der Waals surface area contributed by atoms with Gasteiger partial charge in [-0.2, -0.15) is 4.98 Å². The van der Waals surface area contributed by atoms with E-state index in [0.717, 1.165) is 23.7 Å². The van der Waals surface area contributed by atoms with E-state index in [-0.39, 0.29) is 5.75 Å². The number of benzene rings is 1. The quantitative estimate of drug-likeness (QED) is 0.938. The molecule has 1 heterocycles. The average molecular weight is 325 g/mol. The van der Waals surface area contributed by atoms with E-state index < -0.39 is 5.60 Å². The molecule has 1 fully saturated rings. The Bertz CT molecular complexity index is 602. The maximum absolute atomic E-state index is 9.85. The molecule has 0 aliphatic heterocycles. The van der Waals surface area contributed by atoms with Crippen molar-refractivity contribution in [3.8, 4) is 17.2 Å². The molecular formula is C13H13BrN2O3. The zero-order chi connectivity index (χ0) is 13.5. The van der Waals surface area contributed by atoms with Gasteiger partial charge < -0.3 is 14.4 Å². The molecule has 5 nitrogen and oxygen atoms in total. The molecule has 1 aliphatic rings. The molecule has 3 rings (SSSR count). The fourth-order valence-electron chi connectivity index (χ4n) is 2.21. The monoisotopic (exact) mass is 324 g/mol. The number of ether oxygens (including phenoxy) is 1. The first-order chi connectivity index (χ1) is 9.14. The third-order valence-electron chi connectivity index (χ3n) is 3.57. The van der Waals surface area contributed by atoms with Gasteiger partial charge in [-0.25, -0.2) is 0 Å². The van der Waals surface area contributed by atoms with Crippen LogP contribution in [0.15, 0.2) is 27.2 Å². The first kappa shape index (κ1) is 12.6. The predicted octanol–water partition coefficient (Wildman–Crippen LogP) is 3.23. The highest BCUT2D eigenvalue weighted by atomic mass is 79.9. The van der Waals surface area contributed by atoms with Crippen molar-refractivity contribution in [2.75, 3.05) is 7.11 Å². The molecule has 19 heavy (non-hydrogen) atoms. The second-order valence-electron chi connectivity index (χ2n) is 4.64. The van der Waals surface area contributed by atoms with Gasteiger partial charge in [0, 0.05) is 11.6 Å². The summed E-state index contributed by atoms with van der Waals surface area (Å²) in [6.45, 7) is 0. The number of methoxy groups -OCH3 is 1. The third kappa shape index (κ3) is 2.04. The van der Waals surface area contributed by atoms with Crippen molar-refractivity contribution >= 4 is 15.9 Å². The number of halogens is 1. The molecule has 0 spiro atoms. The summed E-state index contributed by atoms with van der Waals surface area (Å²) in [7, 11) is 1.66. The second kappa shape index (κ2) is 4.61. The number of hydrogen-bond acceptors (Lipinski definition) is 5. The number of phenolic OH excluding ortho intramolecular Hbond substituents is 1. The van der Waals surface area contributed by atoms with E-state index in [1.54, 1.807) is 25.3 Å². The summed E-state index contributed by atoms with van der Waals surface area (Å²) in [4.78, 5) is 4.36. The van der Waals surface area contributed by atoms with Gasteiger partial charge in [0.05, 0.1) is 5.56 Å². The van der Waals surface area contributed by atoms with Gasteiger partial charge in [-0.1, -0.05) is 21.1 Å². The van der Waals surface area contributed by atoms with E-state index in [4.69, 9.17) is 9.26 Å². The highest BCUT2D eigenvalue weighted by molar-refractivity contribution is 9.10. The summed E-state index contributed by atoms with van der Waals surface area (Å²) >= 11 is 3.35. The second-order valence-corrected chi connectivity index (χ2v) is 5.55. The number of rotatable bonds is 3. The molecule has 0 saturated heterocycles. The molecule has 1 aromatic carbocycles. The molecule has 100 valence electrons. The van der Waals surface area contributed by atoms with Crippen LogP contribution in [0.25, 0.3) is 11.5 Å². The van der Waals surface area contributed by atoms with E-state index >= 15 is 0 Å². The minimum atomic E-state index is -0.413. The van der Waals surface area contributed by atoms with Gasteiger partial charge in [-0.3, -0.25) is 0 Å². The van der Waals surface area contributed by atoms with Crippen LogP contribution in [0.1, 0.15) is 25.1 Å². The molecule has 0 bridgehead atoms. The molecule has 0 unspecified atom stereocenters. The number of aromatic nitrogens is 2. The summed E-state index contributed by atoms with van der Waals surface area (Å²) in [5, 5.41) is 13.8. The van der Waals surface area contributed by atoms with E-state index in [2.05, 4.69) is 26.1 Å². The van der Waals surface area contributed by atoms with Crippen molar-refractivity contribution in [2.24, 2.45) is 0 Å². The molecule has 1 saturated carbocycles. The van der Waals surface area contributed by atoms with Gasteiger partial charge in [0.1, 0.15) is 11.4 Å². The van der Waals surface area contributed by atoms with Crippen LogP contribution in [0.3, 0.4) is 0 Å². The lowest BCUT2D eigenvalue weighted by atomic mass is 9.79. The molecule has 1 aliphatic carbocycles. The molecule has 2 aromatic rings. The van der Waals surface area contributed by atoms with Crippen LogP contribution in [0.4, 0.5) is 0 Å². The number of hydrogen-bond donors (Lipinski definition) is 1. The lowest BCUT2D eigenvalue weighted by molar-refractivity contribution is -0.0858. The lowest BCUT2D eigenvalue weighted by Crippen LogP contribution is -2.37. The van der Waals surface area contributed by atoms with E-state index in [9.17, 15) is 5.11 Å². The normalized spacial score (nSPS) is 17.2. The molecule has 0 amide bonds. The van der Waals surface area contributed by atoms with Gasteiger partial charge in [0.15, 0.2) is 0 Å². The Morgan fingerprint density at radius 1 is 1.42 bits per heavy atom. The van der Waals surface area contributed by atoms with Crippen LogP contribution in [0.2, 0.25) is 0 Å². The molecule has 0 radical (unpaired) electrons. The third-order valence-corrected chi connectivity index (χ3v) is 4.07. The van der Waals surface area contributed by atoms with E-state index in [0.29, 0.717) is 17.3 Å². The van der Waals surface area contributed by atoms with Crippen molar-refractivity contribution in [2.45, 2.75) is 24.9 Å². The van der Waals surface area contributed by atoms with Crippen LogP contribution < -0.4 is 0 Å². The summed E-state index contributed by atoms with van der Waals surface area (Å²) < 4.78 is 11.6. The largest absolute Gasteiger partial charge is 0.507 e. The maximum atomic E-state index is 9.85. The minimum absolute atomic E-state index is 0.110. The SMILES string of the molecule is COC1(c2noc(-c3cc(Br)ccc3O)n2)CCC1. The van der Waals surface area contributed by atoms with Gasteiger partial charge in [-0.05, 0) is 37.5 Å². The van der Waals surface area contributed by atoms with Crippen LogP contribution in [-0.2, 0) is 10.3 Å². The van der Waals surface area contributed by atoms with Crippen molar-refractivity contribution in [3.05, 3.63) is 28.5 Å². The van der Waals surface area contributed by atoms with Crippen LogP contribution in [-0.4, -0.2) is 22.4 Å². The number of phenols is 1. The van der Waals surface area contributed by atoms with Gasteiger partial charge in [-0.15, -0.1) is 0 Å². The van der Waals surface area contributed by atoms with E-state index in [1.165, 1.54) is 0 Å².